The number of carbonyl (C=O) groups excluding carboxylic acids is 2. The molecule has 1 N–H and O–H groups in total. The fourth-order valence-electron chi connectivity index (χ4n) is 2.54. The van der Waals surface area contributed by atoms with E-state index in [-0.39, 0.29) is 11.8 Å². The highest BCUT2D eigenvalue weighted by molar-refractivity contribution is 7.99. The molecule has 1 heterocycles. The highest BCUT2D eigenvalue weighted by atomic mass is 32.2. The summed E-state index contributed by atoms with van der Waals surface area (Å²) < 4.78 is 5.08. The Morgan fingerprint density at radius 2 is 2.00 bits per heavy atom. The van der Waals surface area contributed by atoms with Gasteiger partial charge in [-0.05, 0) is 17.7 Å². The molecule has 136 valence electrons. The molecule has 1 aliphatic heterocycles. The molecule has 1 fully saturated rings. The Kier molecular flexibility index (Phi) is 6.69. The maximum atomic E-state index is 12.7. The average molecular weight is 366 g/mol. The summed E-state index contributed by atoms with van der Waals surface area (Å²) in [6.07, 6.45) is 0.395. The maximum absolute atomic E-state index is 12.7. The first-order valence-corrected chi connectivity index (χ1v) is 9.13. The van der Waals surface area contributed by atoms with Gasteiger partial charge in [0.25, 0.3) is 0 Å². The van der Waals surface area contributed by atoms with Gasteiger partial charge in [-0.3, -0.25) is 9.59 Å². The number of aliphatic carboxylic acids is 1. The van der Waals surface area contributed by atoms with Gasteiger partial charge in [0.05, 0.1) is 5.88 Å². The number of carboxylic acids is 1. The smallest absolute Gasteiger partial charge is 0.341 e. The van der Waals surface area contributed by atoms with E-state index in [1.165, 1.54) is 0 Å². The average Bonchev–Trinajstić information content (AvgIpc) is 3.09. The molecule has 2 amide bonds. The summed E-state index contributed by atoms with van der Waals surface area (Å²) in [6.45, 7) is 1.82. The first kappa shape index (κ1) is 19.1. The lowest BCUT2D eigenvalue weighted by Gasteiger charge is -2.27. The van der Waals surface area contributed by atoms with E-state index >= 15 is 0 Å². The molecule has 0 radical (unpaired) electrons. The number of carboxylic acid groups (broad SMARTS) is 1. The van der Waals surface area contributed by atoms with Gasteiger partial charge >= 0.3 is 5.97 Å². The van der Waals surface area contributed by atoms with Gasteiger partial charge in [0.1, 0.15) is 11.8 Å². The number of thioether (sulfide) groups is 1. The molecule has 1 unspecified atom stereocenters. The number of carbonyl (C=O) groups is 3. The van der Waals surface area contributed by atoms with Gasteiger partial charge in [-0.2, -0.15) is 0 Å². The van der Waals surface area contributed by atoms with Gasteiger partial charge < -0.3 is 19.6 Å². The number of rotatable bonds is 7. The Labute approximate surface area is 150 Å². The number of hydrogen-bond donors (Lipinski definition) is 1. The summed E-state index contributed by atoms with van der Waals surface area (Å²) in [4.78, 5) is 38.3. The Balaban J connectivity index is 1.94. The minimum absolute atomic E-state index is 0.00307. The molecular weight excluding hydrogens is 344 g/mol. The van der Waals surface area contributed by atoms with Gasteiger partial charge in [-0.15, -0.1) is 11.8 Å². The first-order valence-electron chi connectivity index (χ1n) is 7.98. The van der Waals surface area contributed by atoms with Crippen molar-refractivity contribution >= 4 is 29.5 Å². The zero-order valence-electron chi connectivity index (χ0n) is 14.3. The zero-order valence-corrected chi connectivity index (χ0v) is 15.1. The summed E-state index contributed by atoms with van der Waals surface area (Å²) in [6, 6.07) is 6.53. The van der Waals surface area contributed by atoms with E-state index in [1.54, 1.807) is 59.8 Å². The number of nitrogens with zero attached hydrogens (tertiary/aromatic N) is 2. The lowest BCUT2D eigenvalue weighted by Crippen LogP contribution is -2.47. The van der Waals surface area contributed by atoms with Crippen molar-refractivity contribution in [2.75, 3.05) is 25.3 Å². The summed E-state index contributed by atoms with van der Waals surface area (Å²) >= 11 is 1.59. The predicted octanol–water partition coefficient (Wildman–Crippen LogP) is 1.42. The van der Waals surface area contributed by atoms with Crippen molar-refractivity contribution in [2.24, 2.45) is 0 Å². The minimum atomic E-state index is -1.03. The number of amides is 2. The number of ether oxygens (including phenoxy) is 1. The number of likely N-dealkylation sites (N-methyl/N-ethyl adjacent to an activating group) is 1. The molecule has 2 rings (SSSR count). The molecule has 1 aliphatic rings. The zero-order chi connectivity index (χ0) is 18.4. The first-order chi connectivity index (χ1) is 11.9. The molecule has 0 saturated carbocycles. The van der Waals surface area contributed by atoms with Crippen molar-refractivity contribution in [3.8, 4) is 5.75 Å². The topological polar surface area (TPSA) is 87.2 Å². The monoisotopic (exact) mass is 366 g/mol. The van der Waals surface area contributed by atoms with Gasteiger partial charge in [-0.1, -0.05) is 19.1 Å². The largest absolute Gasteiger partial charge is 0.482 e. The van der Waals surface area contributed by atoms with Gasteiger partial charge in [-0.25, -0.2) is 4.79 Å². The van der Waals surface area contributed by atoms with Crippen LogP contribution in [0.4, 0.5) is 0 Å². The molecule has 0 spiro atoms. The Morgan fingerprint density at radius 1 is 1.32 bits per heavy atom. The molecule has 0 aliphatic carbocycles. The molecule has 1 saturated heterocycles. The fourth-order valence-corrected chi connectivity index (χ4v) is 3.71. The summed E-state index contributed by atoms with van der Waals surface area (Å²) in [5, 5.41) is 8.59. The summed E-state index contributed by atoms with van der Waals surface area (Å²) in [5.41, 5.74) is 0.901. The van der Waals surface area contributed by atoms with E-state index in [2.05, 4.69) is 0 Å². The second-order valence-corrected chi connectivity index (χ2v) is 6.75. The fraction of sp³-hybridized carbons (Fsp3) is 0.471. The third kappa shape index (κ3) is 5.12. The van der Waals surface area contributed by atoms with Crippen LogP contribution in [0, 0.1) is 0 Å². The van der Waals surface area contributed by atoms with Crippen LogP contribution in [0.15, 0.2) is 24.3 Å². The lowest BCUT2D eigenvalue weighted by molar-refractivity contribution is -0.142. The summed E-state index contributed by atoms with van der Waals surface area (Å²) in [7, 11) is 1.72. The van der Waals surface area contributed by atoms with Crippen LogP contribution in [0.25, 0.3) is 0 Å². The van der Waals surface area contributed by atoms with Crippen molar-refractivity contribution in [3.05, 3.63) is 29.8 Å². The van der Waals surface area contributed by atoms with Crippen LogP contribution in [-0.4, -0.2) is 64.0 Å². The Bertz CT molecular complexity index is 634. The molecule has 0 aromatic heterocycles. The predicted molar refractivity (Wildman–Crippen MR) is 94.3 cm³/mol. The Hall–Kier alpha value is -2.22. The van der Waals surface area contributed by atoms with Crippen molar-refractivity contribution in [2.45, 2.75) is 25.9 Å². The maximum Gasteiger partial charge on any atom is 0.341 e. The van der Waals surface area contributed by atoms with E-state index in [1.807, 2.05) is 0 Å². The quantitative estimate of drug-likeness (QED) is 0.785. The normalized spacial score (nSPS) is 16.6. The van der Waals surface area contributed by atoms with Crippen LogP contribution in [-0.2, 0) is 20.9 Å². The molecular formula is C17H22N2O5S. The molecule has 1 aromatic carbocycles. The molecule has 25 heavy (non-hydrogen) atoms. The SMILES string of the molecule is CCC(=O)N1CSCC1C(=O)N(C)Cc1ccc(OCC(=O)O)cc1. The van der Waals surface area contributed by atoms with Crippen molar-refractivity contribution in [3.63, 3.8) is 0 Å². The van der Waals surface area contributed by atoms with Gasteiger partial charge in [0, 0.05) is 25.8 Å². The standard InChI is InChI=1S/C17H22N2O5S/c1-3-15(20)19-11-25-10-14(19)17(23)18(2)8-12-4-6-13(7-5-12)24-9-16(21)22/h4-7,14H,3,8-11H2,1-2H3,(H,21,22). The minimum Gasteiger partial charge on any atom is -0.482 e. The van der Waals surface area contributed by atoms with Crippen LogP contribution >= 0.6 is 11.8 Å². The van der Waals surface area contributed by atoms with Crippen LogP contribution in [0.3, 0.4) is 0 Å². The van der Waals surface area contributed by atoms with Crippen LogP contribution < -0.4 is 4.74 Å². The number of hydrogen-bond acceptors (Lipinski definition) is 5. The molecule has 8 heteroatoms. The van der Waals surface area contributed by atoms with E-state index in [4.69, 9.17) is 9.84 Å². The molecule has 7 nitrogen and oxygen atoms in total. The highest BCUT2D eigenvalue weighted by Gasteiger charge is 2.35. The van der Waals surface area contributed by atoms with E-state index in [0.717, 1.165) is 5.56 Å². The van der Waals surface area contributed by atoms with E-state index in [0.29, 0.717) is 30.3 Å². The van der Waals surface area contributed by atoms with E-state index in [9.17, 15) is 14.4 Å². The van der Waals surface area contributed by atoms with Crippen molar-refractivity contribution < 1.29 is 24.2 Å². The molecule has 1 atom stereocenters. The van der Waals surface area contributed by atoms with Crippen molar-refractivity contribution in [1.82, 2.24) is 9.80 Å². The van der Waals surface area contributed by atoms with Crippen LogP contribution in [0.5, 0.6) is 5.75 Å². The molecule has 0 bridgehead atoms. The van der Waals surface area contributed by atoms with Crippen LogP contribution in [0.2, 0.25) is 0 Å². The Morgan fingerprint density at radius 3 is 2.60 bits per heavy atom. The third-order valence-corrected chi connectivity index (χ3v) is 4.88. The van der Waals surface area contributed by atoms with E-state index < -0.39 is 18.6 Å². The number of benzene rings is 1. The molecule has 1 aromatic rings. The van der Waals surface area contributed by atoms with Crippen LogP contribution in [0.1, 0.15) is 18.9 Å². The lowest BCUT2D eigenvalue weighted by atomic mass is 10.2. The third-order valence-electron chi connectivity index (χ3n) is 3.87. The van der Waals surface area contributed by atoms with Gasteiger partial charge in [0.15, 0.2) is 6.61 Å². The summed E-state index contributed by atoms with van der Waals surface area (Å²) in [5.74, 6) is 0.542. The second-order valence-electron chi connectivity index (χ2n) is 5.75. The second kappa shape index (κ2) is 8.75. The van der Waals surface area contributed by atoms with Gasteiger partial charge in [0.2, 0.25) is 11.8 Å². The van der Waals surface area contributed by atoms with Crippen molar-refractivity contribution in [1.29, 1.82) is 0 Å². The highest BCUT2D eigenvalue weighted by Crippen LogP contribution is 2.23.